The third-order valence-electron chi connectivity index (χ3n) is 5.91. The lowest BCUT2D eigenvalue weighted by atomic mass is 9.94. The molecule has 1 atom stereocenters. The molecule has 180 valence electrons. The molecule has 0 radical (unpaired) electrons. The summed E-state index contributed by atoms with van der Waals surface area (Å²) in [6.07, 6.45) is -0.462. The first-order chi connectivity index (χ1) is 17.1. The number of rotatable bonds is 9. The summed E-state index contributed by atoms with van der Waals surface area (Å²) in [5.74, 6) is 1.25. The number of fused-ring (bicyclic) bond motifs is 1. The summed E-state index contributed by atoms with van der Waals surface area (Å²) in [6, 6.07) is 25.3. The van der Waals surface area contributed by atoms with Crippen LogP contribution in [-0.2, 0) is 16.1 Å². The fourth-order valence-corrected chi connectivity index (χ4v) is 4.19. The Morgan fingerprint density at radius 1 is 0.714 bits per heavy atom. The summed E-state index contributed by atoms with van der Waals surface area (Å²) in [4.78, 5) is 11.8. The summed E-state index contributed by atoms with van der Waals surface area (Å²) in [5.41, 5.74) is 3.22. The molecule has 0 aliphatic rings. The zero-order valence-corrected chi connectivity index (χ0v) is 20.2. The SMILES string of the molecule is COC(=O)c1ccc(COC(c2ccc(OC)c(OC)c2OC)c2cccc3ccccc23)cc1. The summed E-state index contributed by atoms with van der Waals surface area (Å²) in [6.45, 7) is 0.312. The summed E-state index contributed by atoms with van der Waals surface area (Å²) in [5, 5.41) is 2.19. The Morgan fingerprint density at radius 2 is 1.43 bits per heavy atom. The zero-order valence-electron chi connectivity index (χ0n) is 20.2. The van der Waals surface area contributed by atoms with E-state index in [4.69, 9.17) is 23.7 Å². The molecule has 6 heteroatoms. The Kier molecular flexibility index (Phi) is 7.53. The average Bonchev–Trinajstić information content (AvgIpc) is 2.92. The summed E-state index contributed by atoms with van der Waals surface area (Å²) >= 11 is 0. The Bertz CT molecular complexity index is 1310. The van der Waals surface area contributed by atoms with E-state index in [1.54, 1.807) is 33.5 Å². The van der Waals surface area contributed by atoms with Crippen molar-refractivity contribution >= 4 is 16.7 Å². The van der Waals surface area contributed by atoms with Crippen molar-refractivity contribution in [2.24, 2.45) is 0 Å². The van der Waals surface area contributed by atoms with Crippen LogP contribution in [0, 0.1) is 0 Å². The molecule has 0 aliphatic heterocycles. The Balaban J connectivity index is 1.79. The minimum absolute atomic E-state index is 0.312. The molecule has 0 spiro atoms. The van der Waals surface area contributed by atoms with E-state index in [2.05, 4.69) is 24.3 Å². The standard InChI is InChI=1S/C29H28O6/c1-31-25-17-16-24(27(32-2)28(25)33-3)26(23-11-7-9-20-8-5-6-10-22(20)23)35-18-19-12-14-21(15-13-19)29(30)34-4/h5-17,26H,18H2,1-4H3. The van der Waals surface area contributed by atoms with E-state index in [0.29, 0.717) is 29.4 Å². The van der Waals surface area contributed by atoms with Gasteiger partial charge < -0.3 is 23.7 Å². The largest absolute Gasteiger partial charge is 0.493 e. The first kappa shape index (κ1) is 24.1. The van der Waals surface area contributed by atoms with Crippen LogP contribution in [0.5, 0.6) is 17.2 Å². The topological polar surface area (TPSA) is 63.2 Å². The zero-order chi connectivity index (χ0) is 24.8. The number of carbonyl (C=O) groups is 1. The van der Waals surface area contributed by atoms with Crippen LogP contribution in [0.25, 0.3) is 10.8 Å². The van der Waals surface area contributed by atoms with Gasteiger partial charge >= 0.3 is 5.97 Å². The van der Waals surface area contributed by atoms with Gasteiger partial charge in [-0.15, -0.1) is 0 Å². The smallest absolute Gasteiger partial charge is 0.337 e. The lowest BCUT2D eigenvalue weighted by molar-refractivity contribution is 0.0598. The fraction of sp³-hybridized carbons (Fsp3) is 0.207. The quantitative estimate of drug-likeness (QED) is 0.280. The number of methoxy groups -OCH3 is 4. The first-order valence-corrected chi connectivity index (χ1v) is 11.2. The fourth-order valence-electron chi connectivity index (χ4n) is 4.19. The van der Waals surface area contributed by atoms with Crippen LogP contribution < -0.4 is 14.2 Å². The van der Waals surface area contributed by atoms with E-state index in [1.807, 2.05) is 42.5 Å². The molecule has 0 fully saturated rings. The van der Waals surface area contributed by atoms with Crippen molar-refractivity contribution in [3.8, 4) is 17.2 Å². The van der Waals surface area contributed by atoms with E-state index >= 15 is 0 Å². The molecule has 0 bridgehead atoms. The number of hydrogen-bond acceptors (Lipinski definition) is 6. The summed E-state index contributed by atoms with van der Waals surface area (Å²) < 4.78 is 28.3. The molecule has 1 unspecified atom stereocenters. The number of ether oxygens (including phenoxy) is 5. The molecule has 4 rings (SSSR count). The average molecular weight is 473 g/mol. The van der Waals surface area contributed by atoms with Crippen LogP contribution in [-0.4, -0.2) is 34.4 Å². The van der Waals surface area contributed by atoms with Crippen molar-refractivity contribution in [3.05, 3.63) is 101 Å². The number of hydrogen-bond donors (Lipinski definition) is 0. The minimum Gasteiger partial charge on any atom is -0.493 e. The van der Waals surface area contributed by atoms with Gasteiger partial charge in [0, 0.05) is 5.56 Å². The highest BCUT2D eigenvalue weighted by Crippen LogP contribution is 2.45. The minimum atomic E-state index is -0.462. The molecule has 0 N–H and O–H groups in total. The van der Waals surface area contributed by atoms with Crippen molar-refractivity contribution in [3.63, 3.8) is 0 Å². The van der Waals surface area contributed by atoms with Gasteiger partial charge in [0.2, 0.25) is 5.75 Å². The molecule has 35 heavy (non-hydrogen) atoms. The van der Waals surface area contributed by atoms with Crippen LogP contribution in [0.2, 0.25) is 0 Å². The van der Waals surface area contributed by atoms with Crippen LogP contribution in [0.15, 0.2) is 78.9 Å². The van der Waals surface area contributed by atoms with Gasteiger partial charge in [-0.3, -0.25) is 0 Å². The Labute approximate surface area is 205 Å². The molecule has 6 nitrogen and oxygen atoms in total. The molecular weight excluding hydrogens is 444 g/mol. The lowest BCUT2D eigenvalue weighted by Gasteiger charge is -2.24. The van der Waals surface area contributed by atoms with Crippen LogP contribution in [0.4, 0.5) is 0 Å². The van der Waals surface area contributed by atoms with E-state index in [-0.39, 0.29) is 5.97 Å². The molecule has 0 saturated heterocycles. The van der Waals surface area contributed by atoms with Crippen molar-refractivity contribution < 1.29 is 28.5 Å². The van der Waals surface area contributed by atoms with Crippen molar-refractivity contribution in [1.82, 2.24) is 0 Å². The maximum absolute atomic E-state index is 11.8. The van der Waals surface area contributed by atoms with Gasteiger partial charge in [-0.1, -0.05) is 54.6 Å². The second kappa shape index (κ2) is 10.9. The van der Waals surface area contributed by atoms with Crippen LogP contribution in [0.1, 0.15) is 33.2 Å². The van der Waals surface area contributed by atoms with Crippen LogP contribution in [0.3, 0.4) is 0 Å². The van der Waals surface area contributed by atoms with E-state index in [9.17, 15) is 4.79 Å². The van der Waals surface area contributed by atoms with Gasteiger partial charge in [-0.25, -0.2) is 4.79 Å². The molecule has 4 aromatic carbocycles. The maximum atomic E-state index is 11.8. The number of benzene rings is 4. The maximum Gasteiger partial charge on any atom is 0.337 e. The van der Waals surface area contributed by atoms with Crippen molar-refractivity contribution in [2.75, 3.05) is 28.4 Å². The molecule has 4 aromatic rings. The van der Waals surface area contributed by atoms with Gasteiger partial charge in [0.05, 0.1) is 40.6 Å². The molecule has 0 amide bonds. The third kappa shape index (κ3) is 4.93. The second-order valence-corrected chi connectivity index (χ2v) is 7.87. The monoisotopic (exact) mass is 472 g/mol. The molecule has 0 aromatic heterocycles. The highest BCUT2D eigenvalue weighted by Gasteiger charge is 2.26. The molecule has 0 aliphatic carbocycles. The number of esters is 1. The van der Waals surface area contributed by atoms with E-state index in [0.717, 1.165) is 27.5 Å². The third-order valence-corrected chi connectivity index (χ3v) is 5.91. The van der Waals surface area contributed by atoms with Gasteiger partial charge in [-0.2, -0.15) is 0 Å². The van der Waals surface area contributed by atoms with Gasteiger partial charge in [0.25, 0.3) is 0 Å². The van der Waals surface area contributed by atoms with Crippen molar-refractivity contribution in [1.29, 1.82) is 0 Å². The van der Waals surface area contributed by atoms with E-state index < -0.39 is 6.10 Å². The molecule has 0 heterocycles. The first-order valence-electron chi connectivity index (χ1n) is 11.2. The Morgan fingerprint density at radius 3 is 2.11 bits per heavy atom. The molecular formula is C29H28O6. The summed E-state index contributed by atoms with van der Waals surface area (Å²) in [7, 11) is 6.14. The lowest BCUT2D eigenvalue weighted by Crippen LogP contribution is -2.10. The van der Waals surface area contributed by atoms with Gasteiger partial charge in [-0.05, 0) is 46.2 Å². The van der Waals surface area contributed by atoms with Gasteiger partial charge in [0.1, 0.15) is 6.10 Å². The van der Waals surface area contributed by atoms with Gasteiger partial charge in [0.15, 0.2) is 11.5 Å². The second-order valence-electron chi connectivity index (χ2n) is 7.87. The Hall–Kier alpha value is -4.03. The normalized spacial score (nSPS) is 11.7. The predicted octanol–water partition coefficient (Wildman–Crippen LogP) is 5.96. The number of carbonyl (C=O) groups excluding carboxylic acids is 1. The molecule has 0 saturated carbocycles. The highest BCUT2D eigenvalue weighted by molar-refractivity contribution is 5.89. The van der Waals surface area contributed by atoms with E-state index in [1.165, 1.54) is 7.11 Å². The van der Waals surface area contributed by atoms with Crippen molar-refractivity contribution in [2.45, 2.75) is 12.7 Å². The highest BCUT2D eigenvalue weighted by atomic mass is 16.5. The van der Waals surface area contributed by atoms with Crippen LogP contribution >= 0.6 is 0 Å². The predicted molar refractivity (Wildman–Crippen MR) is 134 cm³/mol.